The van der Waals surface area contributed by atoms with Crippen LogP contribution < -0.4 is 5.32 Å². The number of hydrogen-bond acceptors (Lipinski definition) is 5. The zero-order valence-corrected chi connectivity index (χ0v) is 17.9. The molecule has 5 nitrogen and oxygen atoms in total. The Morgan fingerprint density at radius 1 is 1.23 bits per heavy atom. The van der Waals surface area contributed by atoms with Crippen molar-refractivity contribution in [1.82, 2.24) is 4.98 Å². The highest BCUT2D eigenvalue weighted by atomic mass is 32.2. The van der Waals surface area contributed by atoms with Crippen molar-refractivity contribution in [3.8, 4) is 17.4 Å². The van der Waals surface area contributed by atoms with E-state index < -0.39 is 0 Å². The van der Waals surface area contributed by atoms with Crippen LogP contribution in [0.1, 0.15) is 40.8 Å². The standard InChI is InChI=1S/C24H23N3O2S/c1-15-7-5-10-19(16(15)2)26-22(28)14-30-24-18(13-25)23(21-11-6-12-29-21)17-8-3-4-9-20(17)27-24/h5-7,10-12H,3-4,8-9,14H2,1-2H3,(H,26,28). The molecule has 1 amide bonds. The van der Waals surface area contributed by atoms with Crippen LogP contribution >= 0.6 is 11.8 Å². The number of pyridine rings is 1. The second-order valence-electron chi connectivity index (χ2n) is 7.47. The number of carbonyl (C=O) groups is 1. The van der Waals surface area contributed by atoms with Gasteiger partial charge in [-0.3, -0.25) is 4.79 Å². The molecule has 0 saturated heterocycles. The third kappa shape index (κ3) is 3.99. The number of thioether (sulfide) groups is 1. The van der Waals surface area contributed by atoms with Crippen LogP contribution in [0.4, 0.5) is 5.69 Å². The van der Waals surface area contributed by atoms with Gasteiger partial charge in [0.1, 0.15) is 16.9 Å². The minimum Gasteiger partial charge on any atom is -0.464 e. The molecule has 1 aromatic carbocycles. The maximum absolute atomic E-state index is 12.6. The summed E-state index contributed by atoms with van der Waals surface area (Å²) < 4.78 is 5.64. The summed E-state index contributed by atoms with van der Waals surface area (Å²) in [6.07, 6.45) is 5.57. The van der Waals surface area contributed by atoms with Gasteiger partial charge in [-0.25, -0.2) is 4.98 Å². The van der Waals surface area contributed by atoms with Crippen LogP contribution in [0.2, 0.25) is 0 Å². The molecule has 0 aliphatic heterocycles. The fourth-order valence-corrected chi connectivity index (χ4v) is 4.63. The number of nitriles is 1. The molecule has 0 fully saturated rings. The van der Waals surface area contributed by atoms with E-state index in [4.69, 9.17) is 9.40 Å². The van der Waals surface area contributed by atoms with E-state index in [0.29, 0.717) is 16.3 Å². The van der Waals surface area contributed by atoms with Crippen LogP contribution in [-0.2, 0) is 17.6 Å². The summed E-state index contributed by atoms with van der Waals surface area (Å²) in [5.74, 6) is 0.760. The zero-order valence-electron chi connectivity index (χ0n) is 17.1. The Balaban J connectivity index is 1.61. The molecule has 3 aromatic rings. The van der Waals surface area contributed by atoms with E-state index in [1.807, 2.05) is 44.2 Å². The number of fused-ring (bicyclic) bond motifs is 1. The summed E-state index contributed by atoms with van der Waals surface area (Å²) in [6.45, 7) is 4.01. The van der Waals surface area contributed by atoms with E-state index in [9.17, 15) is 10.1 Å². The molecule has 1 aliphatic carbocycles. The van der Waals surface area contributed by atoms with Crippen molar-refractivity contribution in [2.45, 2.75) is 44.6 Å². The lowest BCUT2D eigenvalue weighted by atomic mass is 9.89. The van der Waals surface area contributed by atoms with Crippen LogP contribution in [0, 0.1) is 25.2 Å². The van der Waals surface area contributed by atoms with Crippen LogP contribution in [0.15, 0.2) is 46.0 Å². The van der Waals surface area contributed by atoms with Gasteiger partial charge in [0.25, 0.3) is 0 Å². The Morgan fingerprint density at radius 3 is 2.83 bits per heavy atom. The molecule has 0 spiro atoms. The van der Waals surface area contributed by atoms with Gasteiger partial charge in [-0.15, -0.1) is 0 Å². The van der Waals surface area contributed by atoms with E-state index in [1.54, 1.807) is 6.26 Å². The predicted molar refractivity (Wildman–Crippen MR) is 119 cm³/mol. The molecular formula is C24H23N3O2S. The quantitative estimate of drug-likeness (QED) is 0.559. The molecule has 0 saturated carbocycles. The Hall–Kier alpha value is -3.04. The average molecular weight is 418 g/mol. The maximum Gasteiger partial charge on any atom is 0.234 e. The van der Waals surface area contributed by atoms with Crippen molar-refractivity contribution in [3.63, 3.8) is 0 Å². The largest absolute Gasteiger partial charge is 0.464 e. The Labute approximate surface area is 180 Å². The fourth-order valence-electron chi connectivity index (χ4n) is 3.83. The lowest BCUT2D eigenvalue weighted by molar-refractivity contribution is -0.113. The monoisotopic (exact) mass is 417 g/mol. The molecular weight excluding hydrogens is 394 g/mol. The number of hydrogen-bond donors (Lipinski definition) is 1. The van der Waals surface area contributed by atoms with Gasteiger partial charge in [0.2, 0.25) is 5.91 Å². The molecule has 0 bridgehead atoms. The van der Waals surface area contributed by atoms with Crippen molar-refractivity contribution in [1.29, 1.82) is 5.26 Å². The number of amides is 1. The molecule has 30 heavy (non-hydrogen) atoms. The molecule has 152 valence electrons. The molecule has 2 heterocycles. The SMILES string of the molecule is Cc1cccc(NC(=O)CSc2nc3c(c(-c4ccco4)c2C#N)CCCC3)c1C. The highest BCUT2D eigenvalue weighted by molar-refractivity contribution is 8.00. The Morgan fingerprint density at radius 2 is 2.07 bits per heavy atom. The van der Waals surface area contributed by atoms with Gasteiger partial charge in [0, 0.05) is 16.9 Å². The highest BCUT2D eigenvalue weighted by Gasteiger charge is 2.25. The Kier molecular flexibility index (Phi) is 5.91. The third-order valence-electron chi connectivity index (χ3n) is 5.54. The molecule has 4 rings (SSSR count). The van der Waals surface area contributed by atoms with Crippen LogP contribution in [0.5, 0.6) is 0 Å². The van der Waals surface area contributed by atoms with Crippen LogP contribution in [0.25, 0.3) is 11.3 Å². The molecule has 0 radical (unpaired) electrons. The number of aryl methyl sites for hydroxylation is 2. The number of carbonyl (C=O) groups excluding carboxylic acids is 1. The second-order valence-corrected chi connectivity index (χ2v) is 8.44. The van der Waals surface area contributed by atoms with E-state index >= 15 is 0 Å². The van der Waals surface area contributed by atoms with Gasteiger partial charge in [-0.2, -0.15) is 5.26 Å². The molecule has 1 aliphatic rings. The fraction of sp³-hybridized carbons (Fsp3) is 0.292. The van der Waals surface area contributed by atoms with Crippen molar-refractivity contribution in [3.05, 3.63) is 64.5 Å². The molecule has 6 heteroatoms. The Bertz CT molecular complexity index is 1130. The lowest BCUT2D eigenvalue weighted by Gasteiger charge is -2.20. The van der Waals surface area contributed by atoms with Gasteiger partial charge in [0.05, 0.1) is 17.6 Å². The summed E-state index contributed by atoms with van der Waals surface area (Å²) in [5, 5.41) is 13.5. The summed E-state index contributed by atoms with van der Waals surface area (Å²) in [6, 6.07) is 11.9. The van der Waals surface area contributed by atoms with E-state index in [1.165, 1.54) is 11.8 Å². The first-order valence-corrected chi connectivity index (χ1v) is 11.1. The van der Waals surface area contributed by atoms with Crippen LogP contribution in [-0.4, -0.2) is 16.6 Å². The summed E-state index contributed by atoms with van der Waals surface area (Å²) in [4.78, 5) is 17.4. The van der Waals surface area contributed by atoms with Crippen molar-refractivity contribution in [2.24, 2.45) is 0 Å². The highest BCUT2D eigenvalue weighted by Crippen LogP contribution is 2.38. The van der Waals surface area contributed by atoms with E-state index in [2.05, 4.69) is 11.4 Å². The van der Waals surface area contributed by atoms with E-state index in [-0.39, 0.29) is 11.7 Å². The number of furan rings is 1. The zero-order chi connectivity index (χ0) is 21.1. The second kappa shape index (κ2) is 8.76. The first-order chi connectivity index (χ1) is 14.6. The minimum atomic E-state index is -0.114. The van der Waals surface area contributed by atoms with Gasteiger partial charge < -0.3 is 9.73 Å². The molecule has 2 aromatic heterocycles. The summed E-state index contributed by atoms with van der Waals surface area (Å²) >= 11 is 1.31. The number of nitrogens with one attached hydrogen (secondary N) is 1. The van der Waals surface area contributed by atoms with Crippen molar-refractivity contribution >= 4 is 23.4 Å². The van der Waals surface area contributed by atoms with Crippen molar-refractivity contribution in [2.75, 3.05) is 11.1 Å². The van der Waals surface area contributed by atoms with Crippen LogP contribution in [0.3, 0.4) is 0 Å². The average Bonchev–Trinajstić information content (AvgIpc) is 3.28. The topological polar surface area (TPSA) is 78.9 Å². The van der Waals surface area contributed by atoms with Gasteiger partial charge >= 0.3 is 0 Å². The van der Waals surface area contributed by atoms with Gasteiger partial charge in [0.15, 0.2) is 0 Å². The first kappa shape index (κ1) is 20.2. The van der Waals surface area contributed by atoms with Gasteiger partial charge in [-0.1, -0.05) is 23.9 Å². The summed E-state index contributed by atoms with van der Waals surface area (Å²) in [5.41, 5.74) is 6.46. The predicted octanol–water partition coefficient (Wildman–Crippen LogP) is 5.44. The smallest absolute Gasteiger partial charge is 0.234 e. The number of benzene rings is 1. The molecule has 0 unspecified atom stereocenters. The lowest BCUT2D eigenvalue weighted by Crippen LogP contribution is -2.16. The first-order valence-electron chi connectivity index (χ1n) is 10.1. The number of anilines is 1. The summed E-state index contributed by atoms with van der Waals surface area (Å²) in [7, 11) is 0. The molecule has 0 atom stereocenters. The number of nitrogens with zero attached hydrogens (tertiary/aromatic N) is 2. The van der Waals surface area contributed by atoms with Gasteiger partial charge in [-0.05, 0) is 74.4 Å². The number of rotatable bonds is 5. The maximum atomic E-state index is 12.6. The minimum absolute atomic E-state index is 0.114. The van der Waals surface area contributed by atoms with Crippen molar-refractivity contribution < 1.29 is 9.21 Å². The van der Waals surface area contributed by atoms with E-state index in [0.717, 1.165) is 59.3 Å². The molecule has 1 N–H and O–H groups in total. The number of aromatic nitrogens is 1. The third-order valence-corrected chi connectivity index (χ3v) is 6.51. The normalized spacial score (nSPS) is 12.8.